The van der Waals surface area contributed by atoms with E-state index in [0.29, 0.717) is 50.8 Å². The quantitative estimate of drug-likeness (QED) is 0.0704. The molecule has 6 amide bonds. The number of primary amides is 2. The number of rotatable bonds is 20. The smallest absolute Gasteiger partial charge is 0.326 e. The zero-order valence-corrected chi connectivity index (χ0v) is 25.8. The zero-order chi connectivity index (χ0) is 34.2. The van der Waals surface area contributed by atoms with Crippen LogP contribution in [0.1, 0.15) is 63.4 Å². The van der Waals surface area contributed by atoms with E-state index in [-0.39, 0.29) is 32.1 Å². The number of carbonyl (C=O) groups is 7. The van der Waals surface area contributed by atoms with Crippen molar-refractivity contribution >= 4 is 41.4 Å². The van der Waals surface area contributed by atoms with Crippen LogP contribution in [0, 0.1) is 0 Å². The van der Waals surface area contributed by atoms with Crippen LogP contribution >= 0.6 is 0 Å². The fourth-order valence-electron chi connectivity index (χ4n) is 5.12. The van der Waals surface area contributed by atoms with Gasteiger partial charge in [0.15, 0.2) is 0 Å². The summed E-state index contributed by atoms with van der Waals surface area (Å²) in [6.45, 7) is 0.756. The lowest BCUT2D eigenvalue weighted by atomic mass is 10.0. The van der Waals surface area contributed by atoms with Crippen molar-refractivity contribution < 1.29 is 38.7 Å². The number of hydrogen-bond donors (Lipinski definition) is 8. The second-order valence-corrected chi connectivity index (χ2v) is 11.3. The van der Waals surface area contributed by atoms with E-state index < -0.39 is 71.6 Å². The molecule has 0 spiro atoms. The maximum Gasteiger partial charge on any atom is 0.326 e. The summed E-state index contributed by atoms with van der Waals surface area (Å²) in [5, 5.41) is 17.1. The highest BCUT2D eigenvalue weighted by Gasteiger charge is 2.38. The van der Waals surface area contributed by atoms with E-state index in [4.69, 9.17) is 22.9 Å². The standard InChI is InChI=1S/C30H46N8O8/c31-15-5-4-9-19(32)29(44)38-16-6-10-23(38)28(43)36-21(12-14-25(34)40)26(41)35-20(11-13-24(33)39)27(42)37-22(30(45)46)17-18-7-2-1-3-8-18/h1-3,7-8,19-23H,4-6,9-17,31-32H2,(H2,33,39)(H2,34,40)(H,35,41)(H,36,43)(H,37,42)(H,45,46). The molecule has 5 atom stereocenters. The van der Waals surface area contributed by atoms with Crippen LogP contribution in [0.5, 0.6) is 0 Å². The van der Waals surface area contributed by atoms with Crippen LogP contribution in [0.3, 0.4) is 0 Å². The molecule has 0 bridgehead atoms. The van der Waals surface area contributed by atoms with Crippen molar-refractivity contribution in [2.24, 2.45) is 22.9 Å². The fourth-order valence-corrected chi connectivity index (χ4v) is 5.12. The second kappa shape index (κ2) is 19.1. The summed E-state index contributed by atoms with van der Waals surface area (Å²) in [5.41, 5.74) is 22.8. The molecular formula is C30H46N8O8. The Morgan fingerprint density at radius 3 is 1.93 bits per heavy atom. The van der Waals surface area contributed by atoms with E-state index >= 15 is 0 Å². The molecular weight excluding hydrogens is 600 g/mol. The summed E-state index contributed by atoms with van der Waals surface area (Å²) < 4.78 is 0. The molecule has 1 aromatic rings. The lowest BCUT2D eigenvalue weighted by molar-refractivity contribution is -0.142. The Kier molecular flexibility index (Phi) is 15.6. The number of amides is 6. The highest BCUT2D eigenvalue weighted by molar-refractivity contribution is 5.96. The van der Waals surface area contributed by atoms with Gasteiger partial charge in [-0.05, 0) is 50.6 Å². The van der Waals surface area contributed by atoms with Crippen LogP contribution in [-0.4, -0.2) is 94.7 Å². The maximum absolute atomic E-state index is 13.4. The van der Waals surface area contributed by atoms with Crippen LogP contribution in [0.2, 0.25) is 0 Å². The Bertz CT molecular complexity index is 1230. The summed E-state index contributed by atoms with van der Waals surface area (Å²) in [6, 6.07) is 2.68. The molecule has 254 valence electrons. The molecule has 16 nitrogen and oxygen atoms in total. The number of benzene rings is 1. The number of nitrogens with one attached hydrogen (secondary N) is 3. The van der Waals surface area contributed by atoms with Crippen LogP contribution in [0.25, 0.3) is 0 Å². The first-order chi connectivity index (χ1) is 21.8. The highest BCUT2D eigenvalue weighted by Crippen LogP contribution is 2.20. The normalized spacial score (nSPS) is 16.8. The average Bonchev–Trinajstić information content (AvgIpc) is 3.51. The van der Waals surface area contributed by atoms with E-state index in [0.717, 1.165) is 0 Å². The van der Waals surface area contributed by atoms with Gasteiger partial charge in [-0.15, -0.1) is 0 Å². The van der Waals surface area contributed by atoms with E-state index in [1.807, 2.05) is 0 Å². The van der Waals surface area contributed by atoms with E-state index in [1.165, 1.54) is 4.90 Å². The number of likely N-dealkylation sites (tertiary alicyclic amines) is 1. The van der Waals surface area contributed by atoms with Gasteiger partial charge < -0.3 is 48.9 Å². The lowest BCUT2D eigenvalue weighted by Crippen LogP contribution is -2.58. The molecule has 0 aliphatic carbocycles. The van der Waals surface area contributed by atoms with Gasteiger partial charge in [0.05, 0.1) is 6.04 Å². The summed E-state index contributed by atoms with van der Waals surface area (Å²) in [6.07, 6.45) is 1.41. The van der Waals surface area contributed by atoms with Crippen molar-refractivity contribution in [1.29, 1.82) is 0 Å². The highest BCUT2D eigenvalue weighted by atomic mass is 16.4. The first-order valence-corrected chi connectivity index (χ1v) is 15.3. The van der Waals surface area contributed by atoms with Crippen LogP contribution in [-0.2, 0) is 40.0 Å². The van der Waals surface area contributed by atoms with Crippen molar-refractivity contribution in [2.75, 3.05) is 13.1 Å². The minimum absolute atomic E-state index is 0.0526. The second-order valence-electron chi connectivity index (χ2n) is 11.3. The van der Waals surface area contributed by atoms with Gasteiger partial charge in [-0.2, -0.15) is 0 Å². The number of carbonyl (C=O) groups excluding carboxylic acids is 6. The Labute approximate surface area is 267 Å². The summed E-state index contributed by atoms with van der Waals surface area (Å²) in [7, 11) is 0. The van der Waals surface area contributed by atoms with Gasteiger partial charge in [-0.3, -0.25) is 28.8 Å². The van der Waals surface area contributed by atoms with E-state index in [1.54, 1.807) is 30.3 Å². The molecule has 0 saturated carbocycles. The van der Waals surface area contributed by atoms with Gasteiger partial charge >= 0.3 is 5.97 Å². The predicted molar refractivity (Wildman–Crippen MR) is 166 cm³/mol. The number of carboxylic acids is 1. The van der Waals surface area contributed by atoms with Gasteiger partial charge in [-0.25, -0.2) is 4.79 Å². The van der Waals surface area contributed by atoms with E-state index in [2.05, 4.69) is 16.0 Å². The van der Waals surface area contributed by atoms with Crippen molar-refractivity contribution in [3.05, 3.63) is 35.9 Å². The molecule has 12 N–H and O–H groups in total. The molecule has 46 heavy (non-hydrogen) atoms. The Morgan fingerprint density at radius 2 is 1.39 bits per heavy atom. The van der Waals surface area contributed by atoms with Crippen molar-refractivity contribution in [1.82, 2.24) is 20.9 Å². The predicted octanol–water partition coefficient (Wildman–Crippen LogP) is -2.25. The summed E-state index contributed by atoms with van der Waals surface area (Å²) >= 11 is 0. The first kappa shape index (κ1) is 37.6. The number of nitrogens with zero attached hydrogens (tertiary/aromatic N) is 1. The largest absolute Gasteiger partial charge is 0.480 e. The minimum atomic E-state index is -1.42. The van der Waals surface area contributed by atoms with Crippen LogP contribution in [0.15, 0.2) is 30.3 Å². The van der Waals surface area contributed by atoms with Gasteiger partial charge in [0.25, 0.3) is 0 Å². The SMILES string of the molecule is NCCCCC(N)C(=O)N1CCCC1C(=O)NC(CCC(N)=O)C(=O)NC(CCC(N)=O)C(=O)NC(Cc1ccccc1)C(=O)O. The third-order valence-electron chi connectivity index (χ3n) is 7.65. The molecule has 1 saturated heterocycles. The minimum Gasteiger partial charge on any atom is -0.480 e. The fraction of sp³-hybridized carbons (Fsp3) is 0.567. The number of unbranched alkanes of at least 4 members (excludes halogenated alkanes) is 1. The van der Waals surface area contributed by atoms with Crippen LogP contribution < -0.4 is 38.9 Å². The summed E-state index contributed by atoms with van der Waals surface area (Å²) in [4.78, 5) is 89.4. The lowest BCUT2D eigenvalue weighted by Gasteiger charge is -2.29. The molecule has 0 radical (unpaired) electrons. The Balaban J connectivity index is 2.19. The zero-order valence-electron chi connectivity index (χ0n) is 25.8. The average molecular weight is 647 g/mol. The van der Waals surface area contributed by atoms with Gasteiger partial charge in [0.1, 0.15) is 24.2 Å². The molecule has 2 rings (SSSR count). The number of carboxylic acid groups (broad SMARTS) is 1. The molecule has 0 aromatic heterocycles. The molecule has 1 aliphatic rings. The molecule has 1 heterocycles. The Morgan fingerprint density at radius 1 is 0.826 bits per heavy atom. The van der Waals surface area contributed by atoms with E-state index in [9.17, 15) is 38.7 Å². The third-order valence-corrected chi connectivity index (χ3v) is 7.65. The number of nitrogens with two attached hydrogens (primary N) is 4. The maximum atomic E-state index is 13.4. The molecule has 1 aliphatic heterocycles. The van der Waals surface area contributed by atoms with Crippen molar-refractivity contribution in [3.8, 4) is 0 Å². The summed E-state index contributed by atoms with van der Waals surface area (Å²) in [5.74, 6) is -5.68. The molecule has 1 fully saturated rings. The Hall–Kier alpha value is -4.57. The van der Waals surface area contributed by atoms with Crippen LogP contribution in [0.4, 0.5) is 0 Å². The first-order valence-electron chi connectivity index (χ1n) is 15.3. The van der Waals surface area contributed by atoms with Gasteiger partial charge in [0, 0.05) is 25.8 Å². The monoisotopic (exact) mass is 646 g/mol. The topological polar surface area (TPSA) is 283 Å². The number of hydrogen-bond acceptors (Lipinski definition) is 9. The van der Waals surface area contributed by atoms with Gasteiger partial charge in [0.2, 0.25) is 35.4 Å². The van der Waals surface area contributed by atoms with Gasteiger partial charge in [-0.1, -0.05) is 36.8 Å². The molecule has 16 heteroatoms. The number of aliphatic carboxylic acids is 1. The molecule has 5 unspecified atom stereocenters. The molecule has 1 aromatic carbocycles. The van der Waals surface area contributed by atoms with Crippen molar-refractivity contribution in [3.63, 3.8) is 0 Å². The third kappa shape index (κ3) is 12.4. The van der Waals surface area contributed by atoms with Crippen molar-refractivity contribution in [2.45, 2.75) is 94.4 Å².